The minimum atomic E-state index is -0.540. The minimum Gasteiger partial charge on any atom is -0.398 e. The van der Waals surface area contributed by atoms with Crippen molar-refractivity contribution in [1.82, 2.24) is 9.97 Å². The number of carbonyl (C=O) groups is 1. The highest BCUT2D eigenvalue weighted by Crippen LogP contribution is 2.28. The van der Waals surface area contributed by atoms with Crippen LogP contribution in [0.4, 0.5) is 5.69 Å². The van der Waals surface area contributed by atoms with Crippen LogP contribution in [0.25, 0.3) is 0 Å². The predicted molar refractivity (Wildman–Crippen MR) is 79.7 cm³/mol. The summed E-state index contributed by atoms with van der Waals surface area (Å²) in [6.07, 6.45) is 0. The van der Waals surface area contributed by atoms with E-state index >= 15 is 0 Å². The molecule has 0 radical (unpaired) electrons. The second kappa shape index (κ2) is 5.50. The van der Waals surface area contributed by atoms with E-state index in [1.807, 2.05) is 26.8 Å². The van der Waals surface area contributed by atoms with Gasteiger partial charge in [0.1, 0.15) is 0 Å². The third-order valence-corrected chi connectivity index (χ3v) is 3.97. The number of hydrogen-bond donors (Lipinski definition) is 2. The number of carbonyl (C=O) groups excluding carboxylic acids is 1. The summed E-state index contributed by atoms with van der Waals surface area (Å²) in [5.41, 5.74) is 14.7. The number of nitrogens with two attached hydrogens (primary N) is 2. The molecule has 0 atom stereocenters. The monoisotopic (exact) mass is 288 g/mol. The van der Waals surface area contributed by atoms with Gasteiger partial charge in [0, 0.05) is 22.0 Å². The van der Waals surface area contributed by atoms with Gasteiger partial charge in [0.25, 0.3) is 5.91 Å². The normalized spacial score (nSPS) is 10.6. The fourth-order valence-corrected chi connectivity index (χ4v) is 2.59. The summed E-state index contributed by atoms with van der Waals surface area (Å²) in [4.78, 5) is 21.0. The van der Waals surface area contributed by atoms with Gasteiger partial charge in [0.05, 0.1) is 5.56 Å². The Balaban J connectivity index is 2.35. The van der Waals surface area contributed by atoms with Crippen molar-refractivity contribution in [2.45, 2.75) is 30.8 Å². The molecule has 0 spiro atoms. The Bertz CT molecular complexity index is 662. The van der Waals surface area contributed by atoms with Crippen LogP contribution in [0.3, 0.4) is 0 Å². The number of primary amides is 1. The topological polar surface area (TPSA) is 94.9 Å². The van der Waals surface area contributed by atoms with Crippen LogP contribution in [-0.2, 0) is 0 Å². The molecule has 0 aliphatic rings. The van der Waals surface area contributed by atoms with Crippen LogP contribution in [0.5, 0.6) is 0 Å². The molecule has 2 aromatic rings. The van der Waals surface area contributed by atoms with Crippen LogP contribution in [0.2, 0.25) is 0 Å². The predicted octanol–water partition coefficient (Wildman–Crippen LogP) is 2.23. The molecule has 0 aliphatic heterocycles. The van der Waals surface area contributed by atoms with Crippen LogP contribution < -0.4 is 11.5 Å². The van der Waals surface area contributed by atoms with Gasteiger partial charge in [0.2, 0.25) is 0 Å². The van der Waals surface area contributed by atoms with E-state index in [9.17, 15) is 4.79 Å². The van der Waals surface area contributed by atoms with Crippen LogP contribution in [0.15, 0.2) is 28.3 Å². The maximum atomic E-state index is 11.3. The molecule has 1 amide bonds. The molecule has 1 aromatic heterocycles. The zero-order chi connectivity index (χ0) is 14.9. The first kappa shape index (κ1) is 14.3. The molecule has 0 bridgehead atoms. The van der Waals surface area contributed by atoms with Crippen molar-refractivity contribution in [1.29, 1.82) is 0 Å². The Morgan fingerprint density at radius 1 is 1.15 bits per heavy atom. The summed E-state index contributed by atoms with van der Waals surface area (Å²) >= 11 is 1.38. The van der Waals surface area contributed by atoms with Crippen molar-refractivity contribution < 1.29 is 4.79 Å². The van der Waals surface area contributed by atoms with Crippen molar-refractivity contribution in [3.05, 3.63) is 40.7 Å². The molecule has 4 N–H and O–H groups in total. The van der Waals surface area contributed by atoms with Crippen molar-refractivity contribution in [2.75, 3.05) is 5.73 Å². The smallest absolute Gasteiger partial charge is 0.250 e. The summed E-state index contributed by atoms with van der Waals surface area (Å²) in [5, 5.41) is 0.644. The largest absolute Gasteiger partial charge is 0.398 e. The number of aromatic nitrogens is 2. The van der Waals surface area contributed by atoms with E-state index in [0.29, 0.717) is 16.4 Å². The van der Waals surface area contributed by atoms with Gasteiger partial charge in [0.15, 0.2) is 5.16 Å². The Morgan fingerprint density at radius 2 is 1.75 bits per heavy atom. The van der Waals surface area contributed by atoms with Crippen molar-refractivity contribution >= 4 is 23.4 Å². The molecular formula is C14H16N4OS. The summed E-state index contributed by atoms with van der Waals surface area (Å²) in [6.45, 7) is 5.89. The Kier molecular flexibility index (Phi) is 3.94. The fourth-order valence-electron chi connectivity index (χ4n) is 1.70. The second-order valence-electron chi connectivity index (χ2n) is 4.52. The van der Waals surface area contributed by atoms with Gasteiger partial charge in [-0.2, -0.15) is 0 Å². The lowest BCUT2D eigenvalue weighted by Gasteiger charge is -2.08. The van der Waals surface area contributed by atoms with Crippen molar-refractivity contribution in [2.24, 2.45) is 5.73 Å². The molecule has 0 saturated heterocycles. The molecule has 0 saturated carbocycles. The SMILES string of the molecule is Cc1nc(Sc2ccc(N)c(C(N)=O)c2)nc(C)c1C. The minimum absolute atomic E-state index is 0.315. The molecule has 6 heteroatoms. The first-order chi connectivity index (χ1) is 9.38. The number of nitrogen functional groups attached to an aromatic ring is 1. The third-order valence-electron chi connectivity index (χ3n) is 3.11. The molecule has 0 unspecified atom stereocenters. The van der Waals surface area contributed by atoms with E-state index in [1.54, 1.807) is 12.1 Å². The summed E-state index contributed by atoms with van der Waals surface area (Å²) < 4.78 is 0. The van der Waals surface area contributed by atoms with E-state index in [1.165, 1.54) is 11.8 Å². The third kappa shape index (κ3) is 2.91. The number of aryl methyl sites for hydroxylation is 2. The average molecular weight is 288 g/mol. The van der Waals surface area contributed by atoms with Crippen LogP contribution in [-0.4, -0.2) is 15.9 Å². The van der Waals surface area contributed by atoms with Gasteiger partial charge in [-0.25, -0.2) is 9.97 Å². The molecule has 20 heavy (non-hydrogen) atoms. The molecule has 1 aromatic carbocycles. The molecule has 104 valence electrons. The highest BCUT2D eigenvalue weighted by molar-refractivity contribution is 7.99. The zero-order valence-corrected chi connectivity index (χ0v) is 12.4. The average Bonchev–Trinajstić information content (AvgIpc) is 2.38. The molecule has 1 heterocycles. The molecule has 0 aliphatic carbocycles. The van der Waals surface area contributed by atoms with Crippen LogP contribution >= 0.6 is 11.8 Å². The quantitative estimate of drug-likeness (QED) is 0.667. The number of hydrogen-bond acceptors (Lipinski definition) is 5. The fraction of sp³-hybridized carbons (Fsp3) is 0.214. The lowest BCUT2D eigenvalue weighted by Crippen LogP contribution is -2.13. The lowest BCUT2D eigenvalue weighted by atomic mass is 10.2. The molecule has 5 nitrogen and oxygen atoms in total. The Labute approximate surface area is 121 Å². The van der Waals surface area contributed by atoms with Gasteiger partial charge >= 0.3 is 0 Å². The van der Waals surface area contributed by atoms with Crippen LogP contribution in [0, 0.1) is 20.8 Å². The van der Waals surface area contributed by atoms with Crippen LogP contribution in [0.1, 0.15) is 27.3 Å². The summed E-state index contributed by atoms with van der Waals surface area (Å²) in [6, 6.07) is 5.15. The second-order valence-corrected chi connectivity index (χ2v) is 5.56. The van der Waals surface area contributed by atoms with E-state index in [0.717, 1.165) is 21.8 Å². The van der Waals surface area contributed by atoms with Gasteiger partial charge in [-0.1, -0.05) is 0 Å². The lowest BCUT2D eigenvalue weighted by molar-refractivity contribution is 0.100. The van der Waals surface area contributed by atoms with E-state index in [4.69, 9.17) is 11.5 Å². The van der Waals surface area contributed by atoms with Crippen molar-refractivity contribution in [3.63, 3.8) is 0 Å². The number of benzene rings is 1. The molecule has 2 rings (SSSR count). The van der Waals surface area contributed by atoms with E-state index < -0.39 is 5.91 Å². The van der Waals surface area contributed by atoms with Gasteiger partial charge in [-0.3, -0.25) is 4.79 Å². The number of nitrogens with zero attached hydrogens (tertiary/aromatic N) is 2. The van der Waals surface area contributed by atoms with Crippen molar-refractivity contribution in [3.8, 4) is 0 Å². The Hall–Kier alpha value is -2.08. The summed E-state index contributed by atoms with van der Waals surface area (Å²) in [7, 11) is 0. The number of rotatable bonds is 3. The first-order valence-corrected chi connectivity index (χ1v) is 6.89. The molecular weight excluding hydrogens is 272 g/mol. The maximum Gasteiger partial charge on any atom is 0.250 e. The van der Waals surface area contributed by atoms with E-state index in [-0.39, 0.29) is 0 Å². The van der Waals surface area contributed by atoms with Gasteiger partial charge in [-0.05, 0) is 56.3 Å². The highest BCUT2D eigenvalue weighted by atomic mass is 32.2. The summed E-state index contributed by atoms with van der Waals surface area (Å²) in [5.74, 6) is -0.540. The number of amides is 1. The highest BCUT2D eigenvalue weighted by Gasteiger charge is 2.10. The zero-order valence-electron chi connectivity index (χ0n) is 11.6. The van der Waals surface area contributed by atoms with E-state index in [2.05, 4.69) is 9.97 Å². The Morgan fingerprint density at radius 3 is 2.30 bits per heavy atom. The molecule has 0 fully saturated rings. The van der Waals surface area contributed by atoms with Gasteiger partial charge in [-0.15, -0.1) is 0 Å². The standard InChI is InChI=1S/C14H16N4OS/c1-7-8(2)17-14(18-9(7)3)20-10-4-5-12(15)11(6-10)13(16)19/h4-6H,15H2,1-3H3,(H2,16,19). The maximum absolute atomic E-state index is 11.3. The van der Waals surface area contributed by atoms with Gasteiger partial charge < -0.3 is 11.5 Å². The first-order valence-electron chi connectivity index (χ1n) is 6.07. The number of anilines is 1.